The molecule has 2 heterocycles. The van der Waals surface area contributed by atoms with E-state index in [1.165, 1.54) is 25.7 Å². The van der Waals surface area contributed by atoms with E-state index >= 15 is 0 Å². The summed E-state index contributed by atoms with van der Waals surface area (Å²) in [7, 11) is 0. The van der Waals surface area contributed by atoms with Crippen LogP contribution in [0, 0.1) is 17.3 Å². The van der Waals surface area contributed by atoms with E-state index in [9.17, 15) is 4.79 Å². The number of guanidine groups is 1. The summed E-state index contributed by atoms with van der Waals surface area (Å²) in [6.45, 7) is 10.6. The summed E-state index contributed by atoms with van der Waals surface area (Å²) in [6, 6.07) is 4.03. The van der Waals surface area contributed by atoms with Gasteiger partial charge in [0, 0.05) is 37.9 Å². The molecule has 2 aliphatic rings. The van der Waals surface area contributed by atoms with Gasteiger partial charge in [0.15, 0.2) is 5.96 Å². The lowest BCUT2D eigenvalue weighted by molar-refractivity contribution is -0.122. The molecule has 1 saturated heterocycles. The minimum Gasteiger partial charge on any atom is -0.369 e. The van der Waals surface area contributed by atoms with Crippen molar-refractivity contribution in [1.29, 1.82) is 0 Å². The number of nitrogens with one attached hydrogen (secondary N) is 2. The molecular weight excluding hydrogens is 388 g/mol. The first-order chi connectivity index (χ1) is 14.9. The molecule has 3 rings (SSSR count). The Labute approximate surface area is 187 Å². The van der Waals surface area contributed by atoms with Gasteiger partial charge in [-0.15, -0.1) is 0 Å². The monoisotopic (exact) mass is 428 g/mol. The van der Waals surface area contributed by atoms with Crippen LogP contribution in [-0.2, 0) is 11.3 Å². The maximum atomic E-state index is 11.7. The molecular formula is C24H40N6O. The molecule has 172 valence electrons. The number of carbonyl (C=O) groups is 1. The molecule has 1 aliphatic carbocycles. The van der Waals surface area contributed by atoms with Crippen molar-refractivity contribution in [3.8, 4) is 0 Å². The molecule has 1 atom stereocenters. The summed E-state index contributed by atoms with van der Waals surface area (Å²) in [6.07, 6.45) is 8.84. The van der Waals surface area contributed by atoms with Crippen LogP contribution in [-0.4, -0.2) is 43.0 Å². The number of nitrogens with two attached hydrogens (primary N) is 1. The molecule has 1 amide bonds. The average Bonchev–Trinajstić information content (AvgIpc) is 2.73. The van der Waals surface area contributed by atoms with Crippen LogP contribution in [0.2, 0.25) is 0 Å². The molecule has 31 heavy (non-hydrogen) atoms. The zero-order valence-corrected chi connectivity index (χ0v) is 19.5. The number of primary amides is 1. The SMILES string of the molecule is CCNC(=NCc1cccnc1N1CCCC(C(N)=O)C1)NCC1(CC(C)C)CCC1. The number of nitrogens with zero attached hydrogens (tertiary/aromatic N) is 3. The first-order valence-corrected chi connectivity index (χ1v) is 11.9. The van der Waals surface area contributed by atoms with Crippen LogP contribution in [0.5, 0.6) is 0 Å². The normalized spacial score (nSPS) is 21.0. The highest BCUT2D eigenvalue weighted by Gasteiger charge is 2.37. The number of aliphatic imine (C=N–C) groups is 1. The fourth-order valence-corrected chi connectivity index (χ4v) is 5.01. The van der Waals surface area contributed by atoms with Crippen molar-refractivity contribution >= 4 is 17.7 Å². The van der Waals surface area contributed by atoms with Crippen LogP contribution in [0.3, 0.4) is 0 Å². The first kappa shape index (κ1) is 23.4. The van der Waals surface area contributed by atoms with Gasteiger partial charge in [-0.2, -0.15) is 0 Å². The van der Waals surface area contributed by atoms with Crippen molar-refractivity contribution in [3.63, 3.8) is 0 Å². The number of anilines is 1. The summed E-state index contributed by atoms with van der Waals surface area (Å²) in [5, 5.41) is 7.00. The minimum atomic E-state index is -0.217. The van der Waals surface area contributed by atoms with E-state index in [-0.39, 0.29) is 11.8 Å². The van der Waals surface area contributed by atoms with Crippen molar-refractivity contribution < 1.29 is 4.79 Å². The summed E-state index contributed by atoms with van der Waals surface area (Å²) in [4.78, 5) is 23.4. The summed E-state index contributed by atoms with van der Waals surface area (Å²) >= 11 is 0. The largest absolute Gasteiger partial charge is 0.369 e. The second-order valence-corrected chi connectivity index (χ2v) is 9.67. The van der Waals surface area contributed by atoms with E-state index in [1.807, 2.05) is 12.3 Å². The maximum absolute atomic E-state index is 11.7. The first-order valence-electron chi connectivity index (χ1n) is 11.9. The summed E-state index contributed by atoms with van der Waals surface area (Å²) in [5.74, 6) is 2.17. The van der Waals surface area contributed by atoms with Gasteiger partial charge in [-0.25, -0.2) is 9.98 Å². The molecule has 0 spiro atoms. The minimum absolute atomic E-state index is 0.106. The highest BCUT2D eigenvalue weighted by atomic mass is 16.1. The maximum Gasteiger partial charge on any atom is 0.222 e. The Balaban J connectivity index is 1.68. The smallest absolute Gasteiger partial charge is 0.222 e. The second-order valence-electron chi connectivity index (χ2n) is 9.67. The zero-order valence-electron chi connectivity index (χ0n) is 19.5. The Morgan fingerprint density at radius 3 is 2.81 bits per heavy atom. The Morgan fingerprint density at radius 2 is 2.16 bits per heavy atom. The number of aromatic nitrogens is 1. The van der Waals surface area contributed by atoms with E-state index in [2.05, 4.69) is 47.4 Å². The lowest BCUT2D eigenvalue weighted by Gasteiger charge is -2.43. The van der Waals surface area contributed by atoms with Crippen LogP contribution in [0.25, 0.3) is 0 Å². The van der Waals surface area contributed by atoms with Crippen molar-refractivity contribution in [3.05, 3.63) is 23.9 Å². The lowest BCUT2D eigenvalue weighted by atomic mass is 9.64. The van der Waals surface area contributed by atoms with Gasteiger partial charge >= 0.3 is 0 Å². The molecule has 1 saturated carbocycles. The van der Waals surface area contributed by atoms with Gasteiger partial charge in [0.2, 0.25) is 5.91 Å². The van der Waals surface area contributed by atoms with Crippen molar-refractivity contribution in [2.24, 2.45) is 28.0 Å². The predicted octanol–water partition coefficient (Wildman–Crippen LogP) is 3.05. The second kappa shape index (κ2) is 10.8. The Hall–Kier alpha value is -2.31. The number of piperidine rings is 1. The highest BCUT2D eigenvalue weighted by Crippen LogP contribution is 2.45. The summed E-state index contributed by atoms with van der Waals surface area (Å²) < 4.78 is 0. The third-order valence-corrected chi connectivity index (χ3v) is 6.63. The highest BCUT2D eigenvalue weighted by molar-refractivity contribution is 5.80. The van der Waals surface area contributed by atoms with Crippen LogP contribution < -0.4 is 21.3 Å². The zero-order chi connectivity index (χ0) is 22.3. The van der Waals surface area contributed by atoms with Crippen LogP contribution in [0.4, 0.5) is 5.82 Å². The molecule has 1 aliphatic heterocycles. The average molecular weight is 429 g/mol. The lowest BCUT2D eigenvalue weighted by Crippen LogP contribution is -2.47. The van der Waals surface area contributed by atoms with Crippen molar-refractivity contribution in [2.45, 2.75) is 65.8 Å². The molecule has 2 fully saturated rings. The Kier molecular flexibility index (Phi) is 8.15. The number of rotatable bonds is 9. The quantitative estimate of drug-likeness (QED) is 0.415. The third-order valence-electron chi connectivity index (χ3n) is 6.63. The third kappa shape index (κ3) is 6.34. The fourth-order valence-electron chi connectivity index (χ4n) is 5.01. The van der Waals surface area contributed by atoms with Crippen LogP contribution >= 0.6 is 0 Å². The molecule has 1 unspecified atom stereocenters. The van der Waals surface area contributed by atoms with Gasteiger partial charge in [-0.3, -0.25) is 4.79 Å². The van der Waals surface area contributed by atoms with E-state index in [0.717, 1.165) is 49.8 Å². The van der Waals surface area contributed by atoms with Gasteiger partial charge in [0.05, 0.1) is 12.5 Å². The Morgan fingerprint density at radius 1 is 1.35 bits per heavy atom. The predicted molar refractivity (Wildman–Crippen MR) is 127 cm³/mol. The molecule has 0 radical (unpaired) electrons. The van der Waals surface area contributed by atoms with E-state index in [0.29, 0.717) is 24.4 Å². The van der Waals surface area contributed by atoms with Crippen LogP contribution in [0.15, 0.2) is 23.3 Å². The number of carbonyl (C=O) groups excluding carboxylic acids is 1. The van der Waals surface area contributed by atoms with Gasteiger partial charge in [-0.05, 0) is 56.4 Å². The fraction of sp³-hybridized carbons (Fsp3) is 0.708. The number of hydrogen-bond donors (Lipinski definition) is 3. The van der Waals surface area contributed by atoms with Gasteiger partial charge in [0.25, 0.3) is 0 Å². The molecule has 7 nitrogen and oxygen atoms in total. The van der Waals surface area contributed by atoms with E-state index < -0.39 is 0 Å². The molecule has 1 aromatic rings. The van der Waals surface area contributed by atoms with Crippen LogP contribution in [0.1, 0.15) is 64.9 Å². The standard InChI is InChI=1S/C24H40N6O/c1-4-26-23(29-17-24(10-7-11-24)14-18(2)3)28-15-19-8-5-12-27-22(19)30-13-6-9-20(16-30)21(25)31/h5,8,12,18,20H,4,6-7,9-11,13-17H2,1-3H3,(H2,25,31)(H2,26,28,29). The molecule has 0 aromatic carbocycles. The molecule has 1 aromatic heterocycles. The Bertz CT molecular complexity index is 758. The molecule has 4 N–H and O–H groups in total. The van der Waals surface area contributed by atoms with Crippen molar-refractivity contribution in [2.75, 3.05) is 31.1 Å². The van der Waals surface area contributed by atoms with Gasteiger partial charge in [-0.1, -0.05) is 26.3 Å². The summed E-state index contributed by atoms with van der Waals surface area (Å²) in [5.41, 5.74) is 7.06. The van der Waals surface area contributed by atoms with E-state index in [4.69, 9.17) is 10.7 Å². The molecule has 7 heteroatoms. The van der Waals surface area contributed by atoms with Crippen molar-refractivity contribution in [1.82, 2.24) is 15.6 Å². The number of pyridine rings is 1. The topological polar surface area (TPSA) is 95.6 Å². The number of amides is 1. The van der Waals surface area contributed by atoms with Gasteiger partial charge < -0.3 is 21.3 Å². The number of hydrogen-bond acceptors (Lipinski definition) is 4. The van der Waals surface area contributed by atoms with E-state index in [1.54, 1.807) is 0 Å². The molecule has 0 bridgehead atoms. The van der Waals surface area contributed by atoms with Gasteiger partial charge in [0.1, 0.15) is 5.82 Å².